The van der Waals surface area contributed by atoms with Crippen molar-refractivity contribution in [1.82, 2.24) is 9.80 Å². The van der Waals surface area contributed by atoms with Crippen LogP contribution in [0.4, 0.5) is 18.0 Å². The Kier molecular flexibility index (Phi) is 11.6. The first-order chi connectivity index (χ1) is 28.0. The molecule has 4 aromatic rings. The van der Waals surface area contributed by atoms with Crippen LogP contribution in [0.15, 0.2) is 115 Å². The van der Waals surface area contributed by atoms with Gasteiger partial charge in [-0.1, -0.05) is 103 Å². The van der Waals surface area contributed by atoms with Crippen molar-refractivity contribution in [1.29, 1.82) is 0 Å². The van der Waals surface area contributed by atoms with Gasteiger partial charge in [0.2, 0.25) is 0 Å². The summed E-state index contributed by atoms with van der Waals surface area (Å²) in [5.74, 6) is -1.16. The minimum atomic E-state index is -5.13. The van der Waals surface area contributed by atoms with E-state index in [2.05, 4.69) is 24.3 Å². The number of carbonyl (C=O) groups is 2. The summed E-state index contributed by atoms with van der Waals surface area (Å²) in [6, 6.07) is 33.6. The summed E-state index contributed by atoms with van der Waals surface area (Å²) in [5.41, 5.74) is 3.38. The fourth-order valence-electron chi connectivity index (χ4n) is 9.38. The van der Waals surface area contributed by atoms with Gasteiger partial charge in [-0.3, -0.25) is 9.69 Å². The molecule has 4 aliphatic rings. The van der Waals surface area contributed by atoms with Crippen LogP contribution in [0.3, 0.4) is 0 Å². The highest BCUT2D eigenvalue weighted by molar-refractivity contribution is 6.51. The Morgan fingerprint density at radius 3 is 2.02 bits per heavy atom. The van der Waals surface area contributed by atoms with Crippen LogP contribution in [0.1, 0.15) is 73.5 Å². The van der Waals surface area contributed by atoms with E-state index in [1.807, 2.05) is 66.7 Å². The number of amides is 2. The van der Waals surface area contributed by atoms with Crippen molar-refractivity contribution in [3.63, 3.8) is 0 Å². The van der Waals surface area contributed by atoms with Crippen LogP contribution in [0.25, 0.3) is 0 Å². The Morgan fingerprint density at radius 1 is 0.845 bits per heavy atom. The number of benzene rings is 4. The van der Waals surface area contributed by atoms with Crippen LogP contribution < -0.4 is 4.74 Å². The maximum Gasteiger partial charge on any atom is 0.471 e. The number of methoxy groups -OCH3 is 1. The number of fused-ring (bicyclic) bond motifs is 1. The topological polar surface area (TPSA) is 86.8 Å². The van der Waals surface area contributed by atoms with Gasteiger partial charge in [0.05, 0.1) is 44.1 Å². The van der Waals surface area contributed by atoms with Crippen LogP contribution in [0, 0.1) is 5.92 Å². The van der Waals surface area contributed by atoms with E-state index in [4.69, 9.17) is 23.5 Å². The van der Waals surface area contributed by atoms with Crippen LogP contribution >= 0.6 is 0 Å². The molecule has 0 bridgehead atoms. The summed E-state index contributed by atoms with van der Waals surface area (Å²) < 4.78 is 74.1. The van der Waals surface area contributed by atoms with Gasteiger partial charge in [0, 0.05) is 17.9 Å². The Hall–Kier alpha value is -4.85. The van der Waals surface area contributed by atoms with Crippen molar-refractivity contribution < 1.29 is 46.3 Å². The van der Waals surface area contributed by atoms with Gasteiger partial charge < -0.3 is 28.4 Å². The molecule has 4 aromatic carbocycles. The molecular weight excluding hydrogens is 748 g/mol. The van der Waals surface area contributed by atoms with E-state index in [9.17, 15) is 22.8 Å². The molecule has 4 fully saturated rings. The Labute approximate surface area is 337 Å². The quantitative estimate of drug-likeness (QED) is 0.132. The van der Waals surface area contributed by atoms with E-state index in [1.54, 1.807) is 31.2 Å². The lowest BCUT2D eigenvalue weighted by Gasteiger charge is -2.37. The predicted octanol–water partition coefficient (Wildman–Crippen LogP) is 9.10. The minimum Gasteiger partial charge on any atom is -0.497 e. The Morgan fingerprint density at radius 2 is 1.45 bits per heavy atom. The highest BCUT2D eigenvalue weighted by Gasteiger charge is 2.68. The van der Waals surface area contributed by atoms with Gasteiger partial charge in [0.1, 0.15) is 12.4 Å². The van der Waals surface area contributed by atoms with Crippen molar-refractivity contribution in [3.8, 4) is 5.75 Å². The summed E-state index contributed by atoms with van der Waals surface area (Å²) in [6.45, 7) is 1.39. The second-order valence-electron chi connectivity index (χ2n) is 16.1. The Bertz CT molecular complexity index is 1960. The smallest absolute Gasteiger partial charge is 0.471 e. The van der Waals surface area contributed by atoms with Gasteiger partial charge in [0.15, 0.2) is 0 Å². The molecule has 58 heavy (non-hydrogen) atoms. The summed E-state index contributed by atoms with van der Waals surface area (Å²) in [5, 5.41) is -0.164. The molecule has 8 atom stereocenters. The zero-order chi connectivity index (χ0) is 40.4. The molecular formula is C45H48BF3N2O7. The zero-order valence-corrected chi connectivity index (χ0v) is 32.6. The van der Waals surface area contributed by atoms with E-state index in [0.29, 0.717) is 17.7 Å². The van der Waals surface area contributed by atoms with Crippen LogP contribution in [-0.4, -0.2) is 73.0 Å². The second kappa shape index (κ2) is 16.8. The number of likely N-dealkylation sites (tertiary alicyclic amines) is 1. The van der Waals surface area contributed by atoms with E-state index in [1.165, 1.54) is 12.0 Å². The third-order valence-electron chi connectivity index (χ3n) is 12.5. The molecule has 0 N–H and O–H groups in total. The average Bonchev–Trinajstić information content (AvgIpc) is 3.64. The molecule has 2 heterocycles. The number of ether oxygens (including phenoxy) is 3. The minimum absolute atomic E-state index is 0.00780. The number of hydrogen-bond donors (Lipinski definition) is 0. The monoisotopic (exact) mass is 796 g/mol. The Balaban J connectivity index is 0.993. The summed E-state index contributed by atoms with van der Waals surface area (Å²) in [7, 11) is 1.10. The van der Waals surface area contributed by atoms with Crippen molar-refractivity contribution in [3.05, 3.63) is 138 Å². The lowest BCUT2D eigenvalue weighted by Crippen LogP contribution is -2.54. The standard InChI is InChI=1S/C45H48BF3N2O7/c1-30-24-38(50(42(52)45(47,48)49)27-31-18-20-36(54-2)21-19-31)39(51(30)43(53)56-28-32-12-6-3-7-13-32)29-55-37-22-23-44(26-35(44)25-37)46-57-40(33-14-8-4-9-15-33)41(58-46)34-16-10-5-11-17-34/h3-21,30,35,37-41H,22-29H2,1-2H3/t30-,35-,37?,38+,39+,40+,41+,44-/m1/s1. The van der Waals surface area contributed by atoms with Gasteiger partial charge in [0.25, 0.3) is 0 Å². The third kappa shape index (κ3) is 8.35. The molecule has 2 saturated heterocycles. The lowest BCUT2D eigenvalue weighted by atomic mass is 9.61. The second-order valence-corrected chi connectivity index (χ2v) is 16.1. The zero-order valence-electron chi connectivity index (χ0n) is 32.6. The summed E-state index contributed by atoms with van der Waals surface area (Å²) >= 11 is 0. The van der Waals surface area contributed by atoms with Crippen molar-refractivity contribution >= 4 is 19.1 Å². The maximum atomic E-state index is 14.3. The van der Waals surface area contributed by atoms with Crippen LogP contribution in [0.5, 0.6) is 5.75 Å². The molecule has 0 radical (unpaired) electrons. The van der Waals surface area contributed by atoms with Crippen molar-refractivity contribution in [2.24, 2.45) is 5.92 Å². The first-order valence-electron chi connectivity index (χ1n) is 20.1. The maximum absolute atomic E-state index is 14.3. The summed E-state index contributed by atoms with van der Waals surface area (Å²) in [6.07, 6.45) is -3.29. The molecule has 2 aliphatic carbocycles. The van der Waals surface area contributed by atoms with E-state index < -0.39 is 43.4 Å². The first-order valence-corrected chi connectivity index (χ1v) is 20.1. The highest BCUT2D eigenvalue weighted by atomic mass is 19.4. The molecule has 304 valence electrons. The number of carbonyl (C=O) groups excluding carboxylic acids is 2. The fourth-order valence-corrected chi connectivity index (χ4v) is 9.38. The van der Waals surface area contributed by atoms with Gasteiger partial charge in [-0.15, -0.1) is 0 Å². The van der Waals surface area contributed by atoms with Gasteiger partial charge >= 0.3 is 25.3 Å². The van der Waals surface area contributed by atoms with Crippen molar-refractivity contribution in [2.45, 2.75) is 100 Å². The summed E-state index contributed by atoms with van der Waals surface area (Å²) in [4.78, 5) is 29.4. The third-order valence-corrected chi connectivity index (χ3v) is 12.5. The molecule has 2 amide bonds. The molecule has 13 heteroatoms. The number of nitrogens with zero attached hydrogens (tertiary/aromatic N) is 2. The molecule has 0 aromatic heterocycles. The predicted molar refractivity (Wildman–Crippen MR) is 210 cm³/mol. The van der Waals surface area contributed by atoms with Gasteiger partial charge in [-0.25, -0.2) is 4.79 Å². The van der Waals surface area contributed by atoms with E-state index >= 15 is 0 Å². The van der Waals surface area contributed by atoms with Crippen LogP contribution in [-0.2, 0) is 36.7 Å². The van der Waals surface area contributed by atoms with E-state index in [0.717, 1.165) is 40.9 Å². The molecule has 0 spiro atoms. The molecule has 9 nitrogen and oxygen atoms in total. The van der Waals surface area contributed by atoms with E-state index in [-0.39, 0.29) is 55.7 Å². The van der Waals surface area contributed by atoms with Crippen LogP contribution in [0.2, 0.25) is 5.31 Å². The number of rotatable bonds is 12. The fraction of sp³-hybridized carbons (Fsp3) is 0.422. The first kappa shape index (κ1) is 40.0. The van der Waals surface area contributed by atoms with Crippen molar-refractivity contribution in [2.75, 3.05) is 13.7 Å². The SMILES string of the molecule is COc1ccc(CN(C(=O)C(F)(F)F)[C@H]2C[C@@H](C)N(C(=O)OCc3ccccc3)[C@H]2COC2CC[C@@]3(B4O[C@@H](c5ccccc5)[C@H](c5ccccc5)O4)C[C@H]3C2)cc1. The molecule has 2 saturated carbocycles. The average molecular weight is 797 g/mol. The number of alkyl halides is 3. The van der Waals surface area contributed by atoms with Gasteiger partial charge in [-0.2, -0.15) is 13.2 Å². The molecule has 8 rings (SSSR count). The molecule has 1 unspecified atom stereocenters. The lowest BCUT2D eigenvalue weighted by molar-refractivity contribution is -0.189. The number of halogens is 3. The van der Waals surface area contributed by atoms with Gasteiger partial charge in [-0.05, 0) is 79.3 Å². The highest BCUT2D eigenvalue weighted by Crippen LogP contribution is 2.72. The normalized spacial score (nSPS) is 27.8. The largest absolute Gasteiger partial charge is 0.497 e. The molecule has 2 aliphatic heterocycles. The number of hydrogen-bond acceptors (Lipinski definition) is 7.